The van der Waals surface area contributed by atoms with Crippen molar-refractivity contribution < 1.29 is 14.6 Å². The SMILES string of the molecule is CC1CCC(NCC(O)COCC2CCCO2)CC1. The molecule has 1 saturated carbocycles. The van der Waals surface area contributed by atoms with E-state index in [9.17, 15) is 5.11 Å². The van der Waals surface area contributed by atoms with Crippen LogP contribution < -0.4 is 5.32 Å². The number of aliphatic hydroxyl groups excluding tert-OH is 1. The second kappa shape index (κ2) is 8.20. The third-order valence-corrected chi connectivity index (χ3v) is 4.30. The Morgan fingerprint density at radius 3 is 2.74 bits per heavy atom. The molecule has 1 aliphatic carbocycles. The number of ether oxygens (including phenoxy) is 2. The fourth-order valence-corrected chi connectivity index (χ4v) is 2.94. The largest absolute Gasteiger partial charge is 0.389 e. The van der Waals surface area contributed by atoms with Crippen molar-refractivity contribution in [2.75, 3.05) is 26.4 Å². The van der Waals surface area contributed by atoms with E-state index in [0.29, 0.717) is 25.8 Å². The molecule has 1 aliphatic heterocycles. The molecule has 4 nitrogen and oxygen atoms in total. The molecule has 0 aromatic heterocycles. The number of nitrogens with one attached hydrogen (secondary N) is 1. The van der Waals surface area contributed by atoms with Crippen LogP contribution in [0.3, 0.4) is 0 Å². The van der Waals surface area contributed by atoms with Crippen molar-refractivity contribution in [3.05, 3.63) is 0 Å². The van der Waals surface area contributed by atoms with Crippen molar-refractivity contribution in [1.82, 2.24) is 5.32 Å². The first-order valence-corrected chi connectivity index (χ1v) is 7.85. The second-order valence-electron chi connectivity index (χ2n) is 6.19. The summed E-state index contributed by atoms with van der Waals surface area (Å²) in [5.41, 5.74) is 0. The maximum absolute atomic E-state index is 9.88. The predicted molar refractivity (Wildman–Crippen MR) is 75.2 cm³/mol. The number of aliphatic hydroxyl groups is 1. The molecule has 2 rings (SSSR count). The summed E-state index contributed by atoms with van der Waals surface area (Å²) in [5, 5.41) is 13.3. The lowest BCUT2D eigenvalue weighted by Crippen LogP contribution is -2.39. The highest BCUT2D eigenvalue weighted by atomic mass is 16.5. The zero-order valence-electron chi connectivity index (χ0n) is 12.1. The molecule has 0 aromatic carbocycles. The van der Waals surface area contributed by atoms with E-state index < -0.39 is 6.10 Å². The molecule has 0 amide bonds. The standard InChI is InChI=1S/C15H29NO3/c1-12-4-6-13(7-5-12)16-9-14(17)10-18-11-15-3-2-8-19-15/h12-17H,2-11H2,1H3. The summed E-state index contributed by atoms with van der Waals surface area (Å²) in [5.74, 6) is 0.873. The number of rotatable bonds is 7. The average Bonchev–Trinajstić information content (AvgIpc) is 2.91. The highest BCUT2D eigenvalue weighted by Gasteiger charge is 2.19. The normalized spacial score (nSPS) is 33.5. The molecule has 0 radical (unpaired) electrons. The average molecular weight is 271 g/mol. The van der Waals surface area contributed by atoms with Crippen molar-refractivity contribution in [3.8, 4) is 0 Å². The summed E-state index contributed by atoms with van der Waals surface area (Å²) in [7, 11) is 0. The Labute approximate surface area is 116 Å². The van der Waals surface area contributed by atoms with Gasteiger partial charge in [0.25, 0.3) is 0 Å². The molecular weight excluding hydrogens is 242 g/mol. The molecule has 2 unspecified atom stereocenters. The van der Waals surface area contributed by atoms with Crippen LogP contribution in [0.25, 0.3) is 0 Å². The van der Waals surface area contributed by atoms with E-state index in [-0.39, 0.29) is 6.10 Å². The fourth-order valence-electron chi connectivity index (χ4n) is 2.94. The van der Waals surface area contributed by atoms with E-state index in [4.69, 9.17) is 9.47 Å². The molecule has 4 heteroatoms. The zero-order valence-corrected chi connectivity index (χ0v) is 12.1. The van der Waals surface area contributed by atoms with Gasteiger partial charge < -0.3 is 19.9 Å². The monoisotopic (exact) mass is 271 g/mol. The molecular formula is C15H29NO3. The maximum atomic E-state index is 9.88. The van der Waals surface area contributed by atoms with Gasteiger partial charge in [-0.05, 0) is 44.4 Å². The van der Waals surface area contributed by atoms with Crippen molar-refractivity contribution >= 4 is 0 Å². The van der Waals surface area contributed by atoms with Crippen molar-refractivity contribution in [1.29, 1.82) is 0 Å². The van der Waals surface area contributed by atoms with E-state index >= 15 is 0 Å². The van der Waals surface area contributed by atoms with Crippen LogP contribution in [0.4, 0.5) is 0 Å². The molecule has 19 heavy (non-hydrogen) atoms. The first-order chi connectivity index (χ1) is 9.24. The van der Waals surface area contributed by atoms with E-state index in [1.165, 1.54) is 25.7 Å². The van der Waals surface area contributed by atoms with Crippen LogP contribution in [0.2, 0.25) is 0 Å². The summed E-state index contributed by atoms with van der Waals surface area (Å²) in [4.78, 5) is 0. The summed E-state index contributed by atoms with van der Waals surface area (Å²) in [6.07, 6.45) is 7.18. The lowest BCUT2D eigenvalue weighted by Gasteiger charge is -2.27. The highest BCUT2D eigenvalue weighted by molar-refractivity contribution is 4.76. The van der Waals surface area contributed by atoms with Crippen LogP contribution >= 0.6 is 0 Å². The predicted octanol–water partition coefficient (Wildman–Crippen LogP) is 1.71. The summed E-state index contributed by atoms with van der Waals surface area (Å²) in [6.45, 7) is 4.86. The van der Waals surface area contributed by atoms with Gasteiger partial charge in [-0.2, -0.15) is 0 Å². The Morgan fingerprint density at radius 2 is 2.05 bits per heavy atom. The Balaban J connectivity index is 1.48. The minimum Gasteiger partial charge on any atom is -0.389 e. The van der Waals surface area contributed by atoms with E-state index in [2.05, 4.69) is 12.2 Å². The Morgan fingerprint density at radius 1 is 1.26 bits per heavy atom. The van der Waals surface area contributed by atoms with Crippen LogP contribution in [0, 0.1) is 5.92 Å². The maximum Gasteiger partial charge on any atom is 0.0897 e. The molecule has 2 atom stereocenters. The third-order valence-electron chi connectivity index (χ3n) is 4.30. The Bertz CT molecular complexity index is 236. The van der Waals surface area contributed by atoms with Gasteiger partial charge in [-0.25, -0.2) is 0 Å². The first kappa shape index (κ1) is 15.2. The second-order valence-corrected chi connectivity index (χ2v) is 6.19. The molecule has 2 aliphatic rings. The van der Waals surface area contributed by atoms with Crippen molar-refractivity contribution in [2.45, 2.75) is 63.7 Å². The highest BCUT2D eigenvalue weighted by Crippen LogP contribution is 2.23. The summed E-state index contributed by atoms with van der Waals surface area (Å²) < 4.78 is 11.0. The minimum atomic E-state index is -0.402. The van der Waals surface area contributed by atoms with E-state index in [1.807, 2.05) is 0 Å². The van der Waals surface area contributed by atoms with Gasteiger partial charge in [-0.3, -0.25) is 0 Å². The van der Waals surface area contributed by atoms with Crippen LogP contribution in [-0.4, -0.2) is 49.7 Å². The zero-order chi connectivity index (χ0) is 13.5. The van der Waals surface area contributed by atoms with Gasteiger partial charge in [0.2, 0.25) is 0 Å². The van der Waals surface area contributed by atoms with Gasteiger partial charge in [0.05, 0.1) is 25.4 Å². The van der Waals surface area contributed by atoms with E-state index in [0.717, 1.165) is 25.4 Å². The van der Waals surface area contributed by atoms with Gasteiger partial charge >= 0.3 is 0 Å². The smallest absolute Gasteiger partial charge is 0.0897 e. The lowest BCUT2D eigenvalue weighted by molar-refractivity contribution is -0.0172. The molecule has 112 valence electrons. The Hall–Kier alpha value is -0.160. The molecule has 0 aromatic rings. The third kappa shape index (κ3) is 5.78. The Kier molecular flexibility index (Phi) is 6.57. The van der Waals surface area contributed by atoms with Crippen molar-refractivity contribution in [2.24, 2.45) is 5.92 Å². The van der Waals surface area contributed by atoms with Gasteiger partial charge in [0.1, 0.15) is 0 Å². The minimum absolute atomic E-state index is 0.250. The van der Waals surface area contributed by atoms with Crippen LogP contribution in [0.1, 0.15) is 45.4 Å². The fraction of sp³-hybridized carbons (Fsp3) is 1.00. The van der Waals surface area contributed by atoms with Gasteiger partial charge in [-0.1, -0.05) is 6.92 Å². The number of hydrogen-bond acceptors (Lipinski definition) is 4. The van der Waals surface area contributed by atoms with Gasteiger partial charge in [0.15, 0.2) is 0 Å². The van der Waals surface area contributed by atoms with Gasteiger partial charge in [-0.15, -0.1) is 0 Å². The summed E-state index contributed by atoms with van der Waals surface area (Å²) >= 11 is 0. The van der Waals surface area contributed by atoms with Gasteiger partial charge in [0, 0.05) is 19.2 Å². The number of hydrogen-bond donors (Lipinski definition) is 2. The topological polar surface area (TPSA) is 50.7 Å². The van der Waals surface area contributed by atoms with Crippen LogP contribution in [0.15, 0.2) is 0 Å². The molecule has 1 saturated heterocycles. The molecule has 1 heterocycles. The van der Waals surface area contributed by atoms with Crippen molar-refractivity contribution in [3.63, 3.8) is 0 Å². The molecule has 0 bridgehead atoms. The first-order valence-electron chi connectivity index (χ1n) is 7.85. The quantitative estimate of drug-likeness (QED) is 0.740. The lowest BCUT2D eigenvalue weighted by atomic mass is 9.87. The van der Waals surface area contributed by atoms with Crippen LogP contribution in [0.5, 0.6) is 0 Å². The van der Waals surface area contributed by atoms with E-state index in [1.54, 1.807) is 0 Å². The van der Waals surface area contributed by atoms with Crippen LogP contribution in [-0.2, 0) is 9.47 Å². The molecule has 2 fully saturated rings. The molecule has 2 N–H and O–H groups in total. The summed E-state index contributed by atoms with van der Waals surface area (Å²) in [6, 6.07) is 0.587. The molecule has 0 spiro atoms.